The molecule has 3 aliphatic heterocycles. The molecule has 0 bridgehead atoms. The maximum absolute atomic E-state index is 15.1. The van der Waals surface area contributed by atoms with Gasteiger partial charge in [-0.1, -0.05) is 231 Å². The van der Waals surface area contributed by atoms with Crippen molar-refractivity contribution in [1.29, 1.82) is 0 Å². The fraction of sp³-hybridized carbons (Fsp3) is 0.602. The normalized spacial score (nSPS) is 17.4. The third kappa shape index (κ3) is 40.1. The second-order valence-corrected chi connectivity index (χ2v) is 38.1. The number of aliphatic hydroxyl groups is 1. The fourth-order valence-corrected chi connectivity index (χ4v) is 17.6. The molecule has 3 saturated heterocycles. The topological polar surface area (TPSA) is 491 Å². The molecule has 0 radical (unpaired) electrons. The van der Waals surface area contributed by atoms with Crippen LogP contribution in [0, 0.1) is 124 Å². The third-order valence-electron chi connectivity index (χ3n) is 25.3. The Balaban J connectivity index is -0.000000972. The Bertz CT molecular complexity index is 4450. The number of esters is 6. The standard InChI is InChI=1S/C68H96N2O18.C16H14O3.C10H16O3.C4H11N.C2H6O.C2H5.CH4.4Na.H2O/c1-17-21-31-69-54(73)50(44(57(76)77)35-65(9,10)49-39(6)60(82)88-62(49)84)66(11,12)34-43-51(56(75)70(55(43)74)32-22-18-2)67(13,14)36-45(58(78)79)52(61(83)86-20-4)68(15,16)37-46(59(80)81)53(64(7,8)19-3)63(85)87-42-29-27-41(28-30-42)48(72)33-47(71)40-25-23-38(5)24-26-40;1-11-2-4-12(5-3-11)15(18)10-16(19)13-6-8-14(17)9-7-13;1-5-10(3,4)7-6(2)8(11)13-9(7)12;1-2-3-4-5;1-2-3;1-2;;;;;;/h23-30,39,43-46,49-53H,17-22,31-37H2,1-16H3,(H,69,73)(H,76,77)(H,78,79)(H,80,81);2-9,17H,10H2,1H3;6-7H,5H2,1-4H3;2-5H2,1H3;3H,2H2,1H3;1H2,2H3;1H4;;;;;1H2/q;;;;;-1;;4*+1;/p-4. The summed E-state index contributed by atoms with van der Waals surface area (Å²) < 4.78 is 20.9. The predicted octanol–water partition coefficient (Wildman–Crippen LogP) is 1.59. The molecule has 0 aromatic heterocycles. The van der Waals surface area contributed by atoms with Crippen LogP contribution in [0.3, 0.4) is 0 Å². The first-order chi connectivity index (χ1) is 60.5. The number of nitrogens with two attached hydrogens (primary N) is 1. The number of cyclic esters (lactones) is 4. The molecule has 0 aliphatic carbocycles. The number of aliphatic carboxylic acids is 3. The van der Waals surface area contributed by atoms with Crippen LogP contribution in [0.1, 0.15) is 302 Å². The number of nitrogens with one attached hydrogen (secondary N) is 1. The van der Waals surface area contributed by atoms with E-state index in [1.54, 1.807) is 119 Å². The number of unbranched alkanes of at least 4 members (excludes halogenated alkanes) is 3. The summed E-state index contributed by atoms with van der Waals surface area (Å²) in [5, 5.41) is 60.6. The zero-order chi connectivity index (χ0) is 99.6. The van der Waals surface area contributed by atoms with E-state index in [1.165, 1.54) is 89.1 Å². The van der Waals surface area contributed by atoms with Crippen molar-refractivity contribution in [3.05, 3.63) is 137 Å². The Morgan fingerprint density at radius 3 is 1.17 bits per heavy atom. The third-order valence-corrected chi connectivity index (χ3v) is 25.3. The van der Waals surface area contributed by atoms with Crippen LogP contribution in [0.4, 0.5) is 0 Å². The first kappa shape index (κ1) is 138. The van der Waals surface area contributed by atoms with E-state index in [0.717, 1.165) is 29.0 Å². The van der Waals surface area contributed by atoms with Crippen molar-refractivity contribution in [2.75, 3.05) is 32.8 Å². The summed E-state index contributed by atoms with van der Waals surface area (Å²) in [6.07, 6.45) is 3.19. The van der Waals surface area contributed by atoms with Crippen molar-refractivity contribution in [1.82, 2.24) is 10.2 Å². The van der Waals surface area contributed by atoms with Crippen LogP contribution in [-0.2, 0) is 71.7 Å². The van der Waals surface area contributed by atoms with Crippen molar-refractivity contribution in [3.8, 4) is 11.5 Å². The van der Waals surface area contributed by atoms with E-state index in [1.807, 2.05) is 60.6 Å². The summed E-state index contributed by atoms with van der Waals surface area (Å²) in [6, 6.07) is 25.2. The summed E-state index contributed by atoms with van der Waals surface area (Å²) in [5.74, 6) is -28.2. The Morgan fingerprint density at radius 1 is 0.478 bits per heavy atom. The molecule has 4 aromatic carbocycles. The number of hydrogen-bond acceptors (Lipinski definition) is 27. The number of Topliss-reactive ketones (excluding diaryl/α,β-unsaturated/α-hetero) is 4. The SMILES string of the molecule is C.CCC(C)(C)C1C(=O)OC(=O)C1C.CCCCN.CCCCNC(=O)C(C(CC(C)(C)C1C(=O)OC(=O)C1C)C(=O)[O-])C(C)(C)CC1C(=O)N(CCCC)C(=O)C1C(C)(C)CC(C(=O)[O-])C(C(=O)OCC)C(C)(C)CC(C(=O)[O-])C(C(=O)Oc1ccc(C(=O)CC(=O)c2ccc(C)cc2)cc1)C(C)(C)CC.CCO.Cc1ccc(C(=O)CC(=O)c2ccc(O)cc2)cc1.[CH2-]C.[Na+].[Na+].[Na+].[Na+].[OH-]. The number of imide groups is 1. The number of carboxylic acids is 3. The zero-order valence-corrected chi connectivity index (χ0v) is 93.6. The van der Waals surface area contributed by atoms with Crippen LogP contribution in [-0.4, -0.2) is 148 Å². The van der Waals surface area contributed by atoms with E-state index in [9.17, 15) is 87.2 Å². The molecule has 12 unspecified atom stereocenters. The number of phenolic OH excluding ortho intramolecular Hbond substituents is 1. The first-order valence-electron chi connectivity index (χ1n) is 45.4. The van der Waals surface area contributed by atoms with Gasteiger partial charge in [-0.25, -0.2) is 0 Å². The number of carbonyl (C=O) groups excluding carboxylic acids is 16. The number of hydrogen-bond donors (Lipinski definition) is 4. The molecule has 3 amide bonds. The molecular formula is C103H150N3Na4O26-. The number of ketones is 4. The van der Waals surface area contributed by atoms with Crippen LogP contribution in [0.2, 0.25) is 0 Å². The molecule has 6 N–H and O–H groups in total. The molecule has 0 saturated carbocycles. The van der Waals surface area contributed by atoms with E-state index < -0.39 is 177 Å². The number of rotatable bonds is 43. The van der Waals surface area contributed by atoms with Crippen molar-refractivity contribution in [2.45, 2.75) is 263 Å². The van der Waals surface area contributed by atoms with Gasteiger partial charge in [0.15, 0.2) is 23.1 Å². The number of nitrogens with zero attached hydrogens (tertiary/aromatic N) is 1. The van der Waals surface area contributed by atoms with Crippen LogP contribution < -0.4 is 149 Å². The minimum atomic E-state index is -1.87. The number of carbonyl (C=O) groups is 16. The van der Waals surface area contributed by atoms with Crippen LogP contribution in [0.25, 0.3) is 0 Å². The quantitative estimate of drug-likeness (QED) is 0.00562. The van der Waals surface area contributed by atoms with Gasteiger partial charge >= 0.3 is 154 Å². The van der Waals surface area contributed by atoms with Crippen molar-refractivity contribution < 1.29 is 245 Å². The van der Waals surface area contributed by atoms with Gasteiger partial charge in [-0.05, 0) is 160 Å². The summed E-state index contributed by atoms with van der Waals surface area (Å²) in [6.45, 7) is 45.4. The zero-order valence-electron chi connectivity index (χ0n) is 85.6. The maximum Gasteiger partial charge on any atom is 1.00 e. The summed E-state index contributed by atoms with van der Waals surface area (Å²) in [5.41, 5.74) is 1.27. The van der Waals surface area contributed by atoms with Crippen LogP contribution in [0.15, 0.2) is 97.1 Å². The van der Waals surface area contributed by atoms with Gasteiger partial charge in [0.1, 0.15) is 11.5 Å². The smallest absolute Gasteiger partial charge is 0.870 e. The average molecular weight is 1940 g/mol. The van der Waals surface area contributed by atoms with E-state index in [-0.39, 0.29) is 241 Å². The van der Waals surface area contributed by atoms with Crippen LogP contribution in [0.5, 0.6) is 11.5 Å². The fourth-order valence-electron chi connectivity index (χ4n) is 17.6. The number of ether oxygens (including phenoxy) is 4. The van der Waals surface area contributed by atoms with Gasteiger partial charge in [-0.2, -0.15) is 6.92 Å². The molecule has 3 aliphatic rings. The minimum absolute atomic E-state index is 0. The summed E-state index contributed by atoms with van der Waals surface area (Å²) >= 11 is 0. The number of aryl methyl sites for hydroxylation is 2. The molecule has 7 rings (SSSR count). The minimum Gasteiger partial charge on any atom is -0.870 e. The van der Waals surface area contributed by atoms with Crippen LogP contribution >= 0.6 is 0 Å². The second-order valence-electron chi connectivity index (χ2n) is 38.1. The van der Waals surface area contributed by atoms with Gasteiger partial charge in [0.05, 0.1) is 72.7 Å². The number of amides is 3. The number of phenols is 1. The van der Waals surface area contributed by atoms with E-state index in [2.05, 4.69) is 23.9 Å². The van der Waals surface area contributed by atoms with Gasteiger partial charge in [-0.15, -0.1) is 0 Å². The van der Waals surface area contributed by atoms with Gasteiger partial charge in [-0.3, -0.25) is 67.2 Å². The van der Waals surface area contributed by atoms with Gasteiger partial charge in [0, 0.05) is 77.6 Å². The number of aromatic hydroxyl groups is 1. The molecule has 0 spiro atoms. The maximum atomic E-state index is 15.1. The van der Waals surface area contributed by atoms with E-state index in [4.69, 9.17) is 30.2 Å². The molecule has 33 heteroatoms. The molecule has 4 aromatic rings. The summed E-state index contributed by atoms with van der Waals surface area (Å²) in [4.78, 5) is 214. The Hall–Kier alpha value is -6.52. The van der Waals surface area contributed by atoms with E-state index in [0.29, 0.717) is 42.4 Å². The molecule has 3 fully saturated rings. The summed E-state index contributed by atoms with van der Waals surface area (Å²) in [7, 11) is 0. The van der Waals surface area contributed by atoms with Gasteiger partial charge in [0.2, 0.25) is 17.7 Å². The average Bonchev–Trinajstić information content (AvgIpc) is 1.57. The predicted molar refractivity (Wildman–Crippen MR) is 494 cm³/mol. The van der Waals surface area contributed by atoms with Crippen molar-refractivity contribution >= 4 is 94.6 Å². The number of likely N-dealkylation sites (tertiary alicyclic amines) is 1. The molecule has 3 heterocycles. The van der Waals surface area contributed by atoms with Gasteiger partial charge < -0.3 is 82.3 Å². The first-order valence-corrected chi connectivity index (χ1v) is 45.4. The Kier molecular flexibility index (Phi) is 65.0. The molecular weight excluding hydrogens is 1790 g/mol. The Labute approximate surface area is 895 Å². The largest absolute Gasteiger partial charge is 1.00 e. The second kappa shape index (κ2) is 64.1. The molecule has 12 atom stereocenters. The molecule has 738 valence electrons. The van der Waals surface area contributed by atoms with Crippen molar-refractivity contribution in [2.24, 2.45) is 109 Å². The molecule has 136 heavy (non-hydrogen) atoms. The van der Waals surface area contributed by atoms with E-state index >= 15 is 4.79 Å². The number of benzene rings is 4. The number of aliphatic hydroxyl groups excluding tert-OH is 1. The Morgan fingerprint density at radius 2 is 0.831 bits per heavy atom. The monoisotopic (exact) mass is 1940 g/mol. The molecule has 29 nitrogen and oxygen atoms in total. The number of carboxylic acid groups (broad SMARTS) is 3. The van der Waals surface area contributed by atoms with Gasteiger partial charge in [0.25, 0.3) is 0 Å². The van der Waals surface area contributed by atoms with Crippen molar-refractivity contribution in [3.63, 3.8) is 0 Å².